The van der Waals surface area contributed by atoms with Crippen LogP contribution in [0.1, 0.15) is 19.4 Å². The Morgan fingerprint density at radius 2 is 2.12 bits per heavy atom. The van der Waals surface area contributed by atoms with Gasteiger partial charge in [0.15, 0.2) is 0 Å². The van der Waals surface area contributed by atoms with E-state index in [1.807, 2.05) is 56.3 Å². The highest BCUT2D eigenvalue weighted by Gasteiger charge is 2.67. The predicted molar refractivity (Wildman–Crippen MR) is 86.8 cm³/mol. The Balaban J connectivity index is 1.52. The monoisotopic (exact) mass is 327 g/mol. The number of carbonyl (C=O) groups is 2. The van der Waals surface area contributed by atoms with Crippen LogP contribution in [0.3, 0.4) is 0 Å². The van der Waals surface area contributed by atoms with Gasteiger partial charge in [-0.15, -0.1) is 0 Å². The van der Waals surface area contributed by atoms with Crippen molar-refractivity contribution in [1.82, 2.24) is 4.90 Å². The lowest BCUT2D eigenvalue weighted by Crippen LogP contribution is -2.40. The Hall–Kier alpha value is -2.14. The van der Waals surface area contributed by atoms with E-state index in [1.165, 1.54) is 0 Å². The second-order valence-corrected chi connectivity index (χ2v) is 7.05. The van der Waals surface area contributed by atoms with Crippen molar-refractivity contribution in [3.8, 4) is 0 Å². The summed E-state index contributed by atoms with van der Waals surface area (Å²) in [6.45, 7) is 4.70. The molecule has 5 heteroatoms. The van der Waals surface area contributed by atoms with Gasteiger partial charge in [0.25, 0.3) is 0 Å². The number of nitrogens with zero attached hydrogens (tertiary/aromatic N) is 1. The molecule has 126 valence electrons. The molecule has 0 aliphatic carbocycles. The molecule has 2 saturated heterocycles. The van der Waals surface area contributed by atoms with Gasteiger partial charge in [0, 0.05) is 6.04 Å². The third kappa shape index (κ3) is 2.18. The predicted octanol–water partition coefficient (Wildman–Crippen LogP) is 1.92. The van der Waals surface area contributed by atoms with Crippen molar-refractivity contribution in [3.05, 3.63) is 48.0 Å². The Labute approximate surface area is 141 Å². The summed E-state index contributed by atoms with van der Waals surface area (Å²) in [5, 5.41) is 0. The molecule has 1 aromatic carbocycles. The van der Waals surface area contributed by atoms with Crippen molar-refractivity contribution in [2.45, 2.75) is 38.2 Å². The van der Waals surface area contributed by atoms with Gasteiger partial charge in [0.05, 0.1) is 18.6 Å². The Morgan fingerprint density at radius 3 is 2.83 bits per heavy atom. The first-order chi connectivity index (χ1) is 11.5. The molecule has 4 atom stereocenters. The van der Waals surface area contributed by atoms with Gasteiger partial charge in [-0.1, -0.05) is 42.5 Å². The van der Waals surface area contributed by atoms with Crippen LogP contribution in [0.2, 0.25) is 0 Å². The molecule has 3 heterocycles. The summed E-state index contributed by atoms with van der Waals surface area (Å²) in [5.74, 6) is -1.36. The molecule has 1 aromatic rings. The number of carbonyl (C=O) groups excluding carboxylic acids is 2. The van der Waals surface area contributed by atoms with Gasteiger partial charge in [-0.3, -0.25) is 9.59 Å². The van der Waals surface area contributed by atoms with Crippen molar-refractivity contribution in [2.24, 2.45) is 11.8 Å². The lowest BCUT2D eigenvalue weighted by Gasteiger charge is -2.24. The summed E-state index contributed by atoms with van der Waals surface area (Å²) >= 11 is 0. The average molecular weight is 327 g/mol. The van der Waals surface area contributed by atoms with E-state index in [4.69, 9.17) is 9.47 Å². The fraction of sp³-hybridized carbons (Fsp3) is 0.474. The van der Waals surface area contributed by atoms with Crippen LogP contribution in [0.4, 0.5) is 0 Å². The van der Waals surface area contributed by atoms with E-state index in [0.717, 1.165) is 5.56 Å². The summed E-state index contributed by atoms with van der Waals surface area (Å²) < 4.78 is 11.5. The molecule has 0 saturated carbocycles. The SMILES string of the molecule is CC(C)N1C[C@@]23C=C[C@H](O2)[C@@H](C(=O)OCc2ccccc2)[C@H]3C1=O. The molecular weight excluding hydrogens is 306 g/mol. The smallest absolute Gasteiger partial charge is 0.313 e. The molecular formula is C19H21NO4. The molecule has 0 aromatic heterocycles. The second kappa shape index (κ2) is 5.45. The Kier molecular flexibility index (Phi) is 3.49. The minimum Gasteiger partial charge on any atom is -0.460 e. The quantitative estimate of drug-likeness (QED) is 0.626. The van der Waals surface area contributed by atoms with E-state index in [-0.39, 0.29) is 30.6 Å². The van der Waals surface area contributed by atoms with Crippen LogP contribution in [0.25, 0.3) is 0 Å². The van der Waals surface area contributed by atoms with Crippen molar-refractivity contribution < 1.29 is 19.1 Å². The Morgan fingerprint density at radius 1 is 1.38 bits per heavy atom. The maximum Gasteiger partial charge on any atom is 0.313 e. The van der Waals surface area contributed by atoms with Crippen LogP contribution in [0.15, 0.2) is 42.5 Å². The number of rotatable bonds is 4. The van der Waals surface area contributed by atoms with Gasteiger partial charge in [-0.2, -0.15) is 0 Å². The van der Waals surface area contributed by atoms with Crippen molar-refractivity contribution in [3.63, 3.8) is 0 Å². The van der Waals surface area contributed by atoms with Crippen LogP contribution < -0.4 is 0 Å². The zero-order valence-corrected chi connectivity index (χ0v) is 13.8. The van der Waals surface area contributed by atoms with Crippen LogP contribution in [-0.2, 0) is 25.7 Å². The normalized spacial score (nSPS) is 33.4. The van der Waals surface area contributed by atoms with Crippen LogP contribution in [-0.4, -0.2) is 41.1 Å². The minimum absolute atomic E-state index is 0.00138. The van der Waals surface area contributed by atoms with Gasteiger partial charge < -0.3 is 14.4 Å². The first-order valence-corrected chi connectivity index (χ1v) is 8.40. The van der Waals surface area contributed by atoms with Crippen LogP contribution >= 0.6 is 0 Å². The third-order valence-electron chi connectivity index (χ3n) is 5.25. The molecule has 3 aliphatic heterocycles. The first kappa shape index (κ1) is 15.4. The number of hydrogen-bond donors (Lipinski definition) is 0. The fourth-order valence-electron chi connectivity index (χ4n) is 4.06. The lowest BCUT2D eigenvalue weighted by atomic mass is 9.77. The number of likely N-dealkylation sites (tertiary alicyclic amines) is 1. The number of amides is 1. The van der Waals surface area contributed by atoms with E-state index in [0.29, 0.717) is 6.54 Å². The largest absolute Gasteiger partial charge is 0.460 e. The van der Waals surface area contributed by atoms with Gasteiger partial charge >= 0.3 is 5.97 Å². The van der Waals surface area contributed by atoms with Crippen molar-refractivity contribution in [1.29, 1.82) is 0 Å². The fourth-order valence-corrected chi connectivity index (χ4v) is 4.06. The molecule has 4 rings (SSSR count). The van der Waals surface area contributed by atoms with E-state index in [2.05, 4.69) is 0 Å². The zero-order chi connectivity index (χ0) is 16.9. The number of benzene rings is 1. The van der Waals surface area contributed by atoms with Crippen molar-refractivity contribution in [2.75, 3.05) is 6.54 Å². The molecule has 1 amide bonds. The summed E-state index contributed by atoms with van der Waals surface area (Å²) in [6.07, 6.45) is 3.52. The minimum atomic E-state index is -0.650. The zero-order valence-electron chi connectivity index (χ0n) is 13.8. The lowest BCUT2D eigenvalue weighted by molar-refractivity contribution is -0.155. The van der Waals surface area contributed by atoms with E-state index >= 15 is 0 Å². The standard InChI is InChI=1S/C19H21NO4/c1-12(2)20-11-19-9-8-14(24-19)15(16(19)17(20)21)18(22)23-10-13-6-4-3-5-7-13/h3-9,12,14-16H,10-11H2,1-2H3/t14-,15+,16-,19+/m0/s1. The van der Waals surface area contributed by atoms with Gasteiger partial charge in [-0.05, 0) is 19.4 Å². The molecule has 0 N–H and O–H groups in total. The maximum absolute atomic E-state index is 12.8. The average Bonchev–Trinajstić information content (AvgIpc) is 3.22. The van der Waals surface area contributed by atoms with E-state index in [9.17, 15) is 9.59 Å². The first-order valence-electron chi connectivity index (χ1n) is 8.40. The number of ether oxygens (including phenoxy) is 2. The van der Waals surface area contributed by atoms with E-state index < -0.39 is 17.4 Å². The second-order valence-electron chi connectivity index (χ2n) is 7.05. The highest BCUT2D eigenvalue weighted by atomic mass is 16.6. The molecule has 2 fully saturated rings. The van der Waals surface area contributed by atoms with Gasteiger partial charge in [-0.25, -0.2) is 0 Å². The summed E-state index contributed by atoms with van der Waals surface area (Å²) in [5.41, 5.74) is 0.282. The topological polar surface area (TPSA) is 55.8 Å². The molecule has 5 nitrogen and oxygen atoms in total. The number of fused-ring (bicyclic) bond motifs is 1. The number of esters is 1. The molecule has 24 heavy (non-hydrogen) atoms. The maximum atomic E-state index is 12.8. The van der Waals surface area contributed by atoms with Crippen LogP contribution in [0, 0.1) is 11.8 Å². The molecule has 2 bridgehead atoms. The van der Waals surface area contributed by atoms with Crippen molar-refractivity contribution >= 4 is 11.9 Å². The molecule has 0 radical (unpaired) electrons. The molecule has 3 aliphatic rings. The van der Waals surface area contributed by atoms with Gasteiger partial charge in [0.2, 0.25) is 5.91 Å². The number of hydrogen-bond acceptors (Lipinski definition) is 4. The highest BCUT2D eigenvalue weighted by molar-refractivity contribution is 5.91. The Bertz CT molecular complexity index is 699. The van der Waals surface area contributed by atoms with E-state index in [1.54, 1.807) is 4.90 Å². The third-order valence-corrected chi connectivity index (χ3v) is 5.25. The van der Waals surface area contributed by atoms with Gasteiger partial charge in [0.1, 0.15) is 18.1 Å². The molecule has 1 spiro atoms. The summed E-state index contributed by atoms with van der Waals surface area (Å²) in [7, 11) is 0. The highest BCUT2D eigenvalue weighted by Crippen LogP contribution is 2.52. The summed E-state index contributed by atoms with van der Waals surface area (Å²) in [6, 6.07) is 9.64. The summed E-state index contributed by atoms with van der Waals surface area (Å²) in [4.78, 5) is 27.3. The molecule has 0 unspecified atom stereocenters. The van der Waals surface area contributed by atoms with Crippen LogP contribution in [0.5, 0.6) is 0 Å².